The van der Waals surface area contributed by atoms with Crippen LogP contribution in [0.5, 0.6) is 0 Å². The number of nitrogens with one attached hydrogen (secondary N) is 2. The van der Waals surface area contributed by atoms with Crippen molar-refractivity contribution >= 4 is 11.8 Å². The van der Waals surface area contributed by atoms with Gasteiger partial charge < -0.3 is 17.2 Å². The van der Waals surface area contributed by atoms with Crippen molar-refractivity contribution in [1.29, 1.82) is 0 Å². The summed E-state index contributed by atoms with van der Waals surface area (Å²) in [5.74, 6) is 0.369. The van der Waals surface area contributed by atoms with Crippen molar-refractivity contribution in [3.05, 3.63) is 24.3 Å². The minimum atomic E-state index is -0.0769. The van der Waals surface area contributed by atoms with Crippen molar-refractivity contribution in [2.24, 2.45) is 23.7 Å². The van der Waals surface area contributed by atoms with Crippen LogP contribution in [0.1, 0.15) is 53.9 Å². The van der Waals surface area contributed by atoms with Crippen LogP contribution in [0.3, 0.4) is 0 Å². The second kappa shape index (κ2) is 11.5. The molecular formula is C20H33CoN2O2-. The van der Waals surface area contributed by atoms with Gasteiger partial charge in [0.15, 0.2) is 0 Å². The van der Waals surface area contributed by atoms with E-state index in [-0.39, 0.29) is 58.3 Å². The molecule has 0 bridgehead atoms. The number of amides is 2. The number of carbonyl (C=O) groups excluding carboxylic acids is 2. The van der Waals surface area contributed by atoms with Crippen molar-refractivity contribution in [2.45, 2.75) is 59.9 Å². The van der Waals surface area contributed by atoms with Crippen LogP contribution in [-0.2, 0) is 26.4 Å². The van der Waals surface area contributed by atoms with E-state index in [1.54, 1.807) is 6.08 Å². The summed E-state index contributed by atoms with van der Waals surface area (Å²) in [5.41, 5.74) is 1.21. The van der Waals surface area contributed by atoms with E-state index in [9.17, 15) is 9.59 Å². The summed E-state index contributed by atoms with van der Waals surface area (Å²) in [4.78, 5) is 24.4. The molecule has 1 aliphatic rings. The maximum Gasteiger partial charge on any atom is 0.223 e. The third kappa shape index (κ3) is 7.78. The summed E-state index contributed by atoms with van der Waals surface area (Å²) in [6, 6.07) is -0.0769. The first-order valence-electron chi connectivity index (χ1n) is 9.02. The summed E-state index contributed by atoms with van der Waals surface area (Å²) in [5, 5.41) is 6.04. The van der Waals surface area contributed by atoms with E-state index in [1.807, 2.05) is 34.6 Å². The molecule has 4 atom stereocenters. The SMILES string of the molecule is [CH-]=C[C@H](C[C@@H]1CCNC1=O)[C@H](CC=C(C)C)NC(=O)[C@@H](C)C(C)C.[Co]. The Morgan fingerprint density at radius 2 is 2.00 bits per heavy atom. The fourth-order valence-corrected chi connectivity index (χ4v) is 2.90. The van der Waals surface area contributed by atoms with Crippen molar-refractivity contribution < 1.29 is 26.4 Å². The number of carbonyl (C=O) groups is 2. The molecule has 1 saturated heterocycles. The molecule has 2 N–H and O–H groups in total. The van der Waals surface area contributed by atoms with Gasteiger partial charge in [-0.3, -0.25) is 15.7 Å². The van der Waals surface area contributed by atoms with E-state index in [1.165, 1.54) is 5.57 Å². The van der Waals surface area contributed by atoms with Crippen LogP contribution in [0.2, 0.25) is 0 Å². The Hall–Kier alpha value is -1.07. The van der Waals surface area contributed by atoms with E-state index in [0.717, 1.165) is 19.4 Å². The first kappa shape index (κ1) is 23.9. The predicted molar refractivity (Wildman–Crippen MR) is 98.1 cm³/mol. The summed E-state index contributed by atoms with van der Waals surface area (Å²) >= 11 is 0. The maximum absolute atomic E-state index is 12.5. The molecule has 1 heterocycles. The fourth-order valence-electron chi connectivity index (χ4n) is 2.90. The molecule has 0 aromatic heterocycles. The average molecular weight is 392 g/mol. The van der Waals surface area contributed by atoms with Crippen molar-refractivity contribution in [2.75, 3.05) is 6.54 Å². The Balaban J connectivity index is 0.00000576. The molecule has 0 aromatic rings. The van der Waals surface area contributed by atoms with Gasteiger partial charge in [0.1, 0.15) is 0 Å². The van der Waals surface area contributed by atoms with E-state index in [4.69, 9.17) is 6.58 Å². The summed E-state index contributed by atoms with van der Waals surface area (Å²) in [6.07, 6.45) is 6.02. The molecule has 2 amide bonds. The average Bonchev–Trinajstić information content (AvgIpc) is 2.92. The second-order valence-electron chi connectivity index (χ2n) is 7.53. The Bertz CT molecular complexity index is 484. The van der Waals surface area contributed by atoms with Crippen LogP contribution in [0.15, 0.2) is 17.7 Å². The molecule has 5 heteroatoms. The van der Waals surface area contributed by atoms with Crippen LogP contribution < -0.4 is 10.6 Å². The zero-order valence-electron chi connectivity index (χ0n) is 16.1. The molecule has 1 rings (SSSR count). The quantitative estimate of drug-likeness (QED) is 0.468. The molecule has 1 fully saturated rings. The molecular weight excluding hydrogens is 359 g/mol. The second-order valence-corrected chi connectivity index (χ2v) is 7.53. The Labute approximate surface area is 163 Å². The van der Waals surface area contributed by atoms with Gasteiger partial charge in [-0.05, 0) is 44.9 Å². The first-order chi connectivity index (χ1) is 11.3. The zero-order chi connectivity index (χ0) is 18.3. The zero-order valence-corrected chi connectivity index (χ0v) is 17.1. The normalized spacial score (nSPS) is 20.1. The third-order valence-electron chi connectivity index (χ3n) is 5.00. The molecule has 0 spiro atoms. The number of allylic oxidation sites excluding steroid dienone is 1. The Morgan fingerprint density at radius 1 is 1.36 bits per heavy atom. The topological polar surface area (TPSA) is 58.2 Å². The Morgan fingerprint density at radius 3 is 2.44 bits per heavy atom. The van der Waals surface area contributed by atoms with Crippen molar-refractivity contribution in [3.8, 4) is 0 Å². The van der Waals surface area contributed by atoms with Gasteiger partial charge in [-0.25, -0.2) is 0 Å². The van der Waals surface area contributed by atoms with Gasteiger partial charge in [0.05, 0.1) is 0 Å². The van der Waals surface area contributed by atoms with Gasteiger partial charge in [0.25, 0.3) is 0 Å². The van der Waals surface area contributed by atoms with Crippen LogP contribution in [0.4, 0.5) is 0 Å². The van der Waals surface area contributed by atoms with Crippen LogP contribution in [0.25, 0.3) is 0 Å². The van der Waals surface area contributed by atoms with Crippen LogP contribution >= 0.6 is 0 Å². The largest absolute Gasteiger partial charge is 0.518 e. The molecule has 0 unspecified atom stereocenters. The van der Waals surface area contributed by atoms with E-state index < -0.39 is 0 Å². The fraction of sp³-hybridized carbons (Fsp3) is 0.700. The summed E-state index contributed by atoms with van der Waals surface area (Å²) < 4.78 is 0. The van der Waals surface area contributed by atoms with Gasteiger partial charge in [0.2, 0.25) is 11.8 Å². The van der Waals surface area contributed by atoms with E-state index >= 15 is 0 Å². The van der Waals surface area contributed by atoms with Crippen molar-refractivity contribution in [1.82, 2.24) is 10.6 Å². The third-order valence-corrected chi connectivity index (χ3v) is 5.00. The van der Waals surface area contributed by atoms with Gasteiger partial charge >= 0.3 is 0 Å². The summed E-state index contributed by atoms with van der Waals surface area (Å²) in [7, 11) is 0. The standard InChI is InChI=1S/C20H33N2O2.Co/c1-7-16(12-17-10-11-21-20(17)24)18(9-8-13(2)3)22-19(23)15(6)14(4)5;/h1,7-8,14-18H,9-12H2,2-6H3,(H,21,24)(H,22,23);/q-1;/t15-,16+,17-,18-;/m0./s1. The van der Waals surface area contributed by atoms with Crippen molar-refractivity contribution in [3.63, 3.8) is 0 Å². The van der Waals surface area contributed by atoms with Crippen LogP contribution in [-0.4, -0.2) is 24.4 Å². The number of rotatable bonds is 9. The number of hydrogen-bond acceptors (Lipinski definition) is 2. The van der Waals surface area contributed by atoms with Gasteiger partial charge in [-0.15, -0.1) is 0 Å². The minimum Gasteiger partial charge on any atom is -0.518 e. The Kier molecular flexibility index (Phi) is 11.0. The summed E-state index contributed by atoms with van der Waals surface area (Å²) in [6.45, 7) is 16.7. The van der Waals surface area contributed by atoms with E-state index in [2.05, 4.69) is 16.7 Å². The molecule has 1 aliphatic heterocycles. The first-order valence-corrected chi connectivity index (χ1v) is 9.02. The molecule has 145 valence electrons. The molecule has 25 heavy (non-hydrogen) atoms. The molecule has 0 saturated carbocycles. The monoisotopic (exact) mass is 392 g/mol. The number of hydrogen-bond donors (Lipinski definition) is 2. The van der Waals surface area contributed by atoms with E-state index in [0.29, 0.717) is 6.42 Å². The molecule has 0 aliphatic carbocycles. The van der Waals surface area contributed by atoms with Gasteiger partial charge in [-0.2, -0.15) is 0 Å². The molecule has 0 aromatic carbocycles. The maximum atomic E-state index is 12.5. The predicted octanol–water partition coefficient (Wildman–Crippen LogP) is 3.25. The van der Waals surface area contributed by atoms with Crippen LogP contribution in [0, 0.1) is 30.3 Å². The smallest absolute Gasteiger partial charge is 0.223 e. The molecule has 1 radical (unpaired) electrons. The minimum absolute atomic E-state index is 0. The molecule has 4 nitrogen and oxygen atoms in total. The van der Waals surface area contributed by atoms with Gasteiger partial charge in [-0.1, -0.05) is 32.4 Å². The van der Waals surface area contributed by atoms with Gasteiger partial charge in [0, 0.05) is 41.2 Å².